The molecule has 0 saturated carbocycles. The lowest BCUT2D eigenvalue weighted by Crippen LogP contribution is -2.28. The van der Waals surface area contributed by atoms with Crippen molar-refractivity contribution in [3.63, 3.8) is 0 Å². The number of carbonyl (C=O) groups excluding carboxylic acids is 1. The summed E-state index contributed by atoms with van der Waals surface area (Å²) >= 11 is 0. The number of nitrogens with zero attached hydrogens (tertiary/aromatic N) is 1. The summed E-state index contributed by atoms with van der Waals surface area (Å²) in [6.07, 6.45) is -0.0303. The summed E-state index contributed by atoms with van der Waals surface area (Å²) < 4.78 is 13.6. The highest BCUT2D eigenvalue weighted by atomic mass is 19.1. The lowest BCUT2D eigenvalue weighted by molar-refractivity contribution is 0.0914. The van der Waals surface area contributed by atoms with Crippen molar-refractivity contribution in [2.24, 2.45) is 0 Å². The first-order valence-corrected chi connectivity index (χ1v) is 8.04. The summed E-state index contributed by atoms with van der Waals surface area (Å²) in [5.74, 6) is -0.780. The Bertz CT molecular complexity index is 673. The van der Waals surface area contributed by atoms with Crippen molar-refractivity contribution in [2.75, 3.05) is 25.0 Å². The molecule has 0 bridgehead atoms. The number of carbonyl (C=O) groups is 1. The van der Waals surface area contributed by atoms with Crippen LogP contribution in [0.2, 0.25) is 0 Å². The third-order valence-corrected chi connectivity index (χ3v) is 3.85. The van der Waals surface area contributed by atoms with Crippen LogP contribution in [0.4, 0.5) is 10.1 Å². The molecule has 2 aromatic rings. The number of anilines is 1. The van der Waals surface area contributed by atoms with Gasteiger partial charge in [0.15, 0.2) is 0 Å². The number of hydrogen-bond donors (Lipinski definition) is 2. The van der Waals surface area contributed by atoms with E-state index < -0.39 is 11.9 Å². The fourth-order valence-electron chi connectivity index (χ4n) is 2.48. The number of benzene rings is 2. The van der Waals surface area contributed by atoms with Crippen molar-refractivity contribution >= 4 is 11.6 Å². The van der Waals surface area contributed by atoms with Gasteiger partial charge in [0.1, 0.15) is 5.82 Å². The maximum absolute atomic E-state index is 13.6. The lowest BCUT2D eigenvalue weighted by atomic mass is 10.1. The second-order valence-corrected chi connectivity index (χ2v) is 5.72. The standard InChI is InChI=1S/C19H23FN2O2/c1-3-12-22(2)15-10-8-14(9-11-15)19(24)21-13-18(23)16-6-4-5-7-17(16)20/h4-11,18,23H,3,12-13H2,1-2H3,(H,21,24). The lowest BCUT2D eigenvalue weighted by Gasteiger charge is -2.18. The molecule has 0 aliphatic rings. The fourth-order valence-corrected chi connectivity index (χ4v) is 2.48. The average molecular weight is 330 g/mol. The van der Waals surface area contributed by atoms with Crippen LogP contribution in [-0.4, -0.2) is 31.2 Å². The van der Waals surface area contributed by atoms with Gasteiger partial charge >= 0.3 is 0 Å². The summed E-state index contributed by atoms with van der Waals surface area (Å²) in [5.41, 5.74) is 1.72. The summed E-state index contributed by atoms with van der Waals surface area (Å²) in [6, 6.07) is 13.3. The SMILES string of the molecule is CCCN(C)c1ccc(C(=O)NCC(O)c2ccccc2F)cc1. The van der Waals surface area contributed by atoms with E-state index in [1.54, 1.807) is 24.3 Å². The molecular weight excluding hydrogens is 307 g/mol. The van der Waals surface area contributed by atoms with E-state index in [-0.39, 0.29) is 18.0 Å². The number of rotatable bonds is 7. The zero-order valence-electron chi connectivity index (χ0n) is 14.0. The van der Waals surface area contributed by atoms with Gasteiger partial charge in [-0.3, -0.25) is 4.79 Å². The van der Waals surface area contributed by atoms with Crippen LogP contribution in [0.5, 0.6) is 0 Å². The second-order valence-electron chi connectivity index (χ2n) is 5.72. The predicted molar refractivity (Wildman–Crippen MR) is 93.7 cm³/mol. The van der Waals surface area contributed by atoms with E-state index in [1.165, 1.54) is 12.1 Å². The normalized spacial score (nSPS) is 11.8. The Morgan fingerprint density at radius 1 is 1.21 bits per heavy atom. The number of aliphatic hydroxyl groups is 1. The molecule has 0 aliphatic heterocycles. The minimum absolute atomic E-state index is 0.0444. The Hall–Kier alpha value is -2.40. The number of halogens is 1. The highest BCUT2D eigenvalue weighted by molar-refractivity contribution is 5.94. The molecule has 2 aromatic carbocycles. The smallest absolute Gasteiger partial charge is 0.251 e. The number of aliphatic hydroxyl groups excluding tert-OH is 1. The van der Waals surface area contributed by atoms with Crippen LogP contribution in [0.3, 0.4) is 0 Å². The third-order valence-electron chi connectivity index (χ3n) is 3.85. The Balaban J connectivity index is 1.94. The van der Waals surface area contributed by atoms with Gasteiger partial charge in [0.2, 0.25) is 0 Å². The summed E-state index contributed by atoms with van der Waals surface area (Å²) in [4.78, 5) is 14.3. The van der Waals surface area contributed by atoms with Crippen LogP contribution in [-0.2, 0) is 0 Å². The molecule has 0 aliphatic carbocycles. The van der Waals surface area contributed by atoms with Gasteiger partial charge in [-0.1, -0.05) is 25.1 Å². The highest BCUT2D eigenvalue weighted by Crippen LogP contribution is 2.17. The largest absolute Gasteiger partial charge is 0.386 e. The molecule has 0 fully saturated rings. The quantitative estimate of drug-likeness (QED) is 0.820. The van der Waals surface area contributed by atoms with Crippen molar-refractivity contribution < 1.29 is 14.3 Å². The molecule has 0 heterocycles. The van der Waals surface area contributed by atoms with Gasteiger partial charge < -0.3 is 15.3 Å². The van der Waals surface area contributed by atoms with Crippen molar-refractivity contribution in [2.45, 2.75) is 19.4 Å². The minimum Gasteiger partial charge on any atom is -0.386 e. The van der Waals surface area contributed by atoms with E-state index in [1.807, 2.05) is 19.2 Å². The first kappa shape index (κ1) is 17.9. The number of nitrogens with one attached hydrogen (secondary N) is 1. The molecule has 5 heteroatoms. The molecule has 4 nitrogen and oxygen atoms in total. The van der Waals surface area contributed by atoms with Crippen molar-refractivity contribution in [3.8, 4) is 0 Å². The van der Waals surface area contributed by atoms with Crippen molar-refractivity contribution in [1.82, 2.24) is 5.32 Å². The van der Waals surface area contributed by atoms with E-state index in [0.29, 0.717) is 5.56 Å². The fraction of sp³-hybridized carbons (Fsp3) is 0.316. The van der Waals surface area contributed by atoms with Crippen molar-refractivity contribution in [3.05, 3.63) is 65.5 Å². The Kier molecular flexibility index (Phi) is 6.32. The van der Waals surface area contributed by atoms with Gasteiger partial charge in [0, 0.05) is 37.0 Å². The van der Waals surface area contributed by atoms with Crippen LogP contribution in [0.1, 0.15) is 35.4 Å². The molecule has 1 unspecified atom stereocenters. The first-order chi connectivity index (χ1) is 11.5. The van der Waals surface area contributed by atoms with Gasteiger partial charge in [-0.15, -0.1) is 0 Å². The Labute approximate surface area is 141 Å². The van der Waals surface area contributed by atoms with E-state index in [0.717, 1.165) is 18.7 Å². The molecule has 2 N–H and O–H groups in total. The van der Waals surface area contributed by atoms with Crippen LogP contribution in [0.25, 0.3) is 0 Å². The van der Waals surface area contributed by atoms with Crippen LogP contribution >= 0.6 is 0 Å². The topological polar surface area (TPSA) is 52.6 Å². The number of amides is 1. The van der Waals surface area contributed by atoms with Crippen LogP contribution < -0.4 is 10.2 Å². The van der Waals surface area contributed by atoms with E-state index in [4.69, 9.17) is 0 Å². The second kappa shape index (κ2) is 8.45. The highest BCUT2D eigenvalue weighted by Gasteiger charge is 2.14. The number of hydrogen-bond acceptors (Lipinski definition) is 3. The molecule has 0 spiro atoms. The predicted octanol–water partition coefficient (Wildman–Crippen LogP) is 3.14. The van der Waals surface area contributed by atoms with Gasteiger partial charge in [-0.25, -0.2) is 4.39 Å². The molecule has 0 radical (unpaired) electrons. The van der Waals surface area contributed by atoms with Gasteiger partial charge in [-0.2, -0.15) is 0 Å². The summed E-state index contributed by atoms with van der Waals surface area (Å²) in [5, 5.41) is 12.6. The van der Waals surface area contributed by atoms with E-state index >= 15 is 0 Å². The molecule has 24 heavy (non-hydrogen) atoms. The molecular formula is C19H23FN2O2. The third kappa shape index (κ3) is 4.55. The molecule has 0 aromatic heterocycles. The van der Waals surface area contributed by atoms with Crippen LogP contribution in [0.15, 0.2) is 48.5 Å². The molecule has 128 valence electrons. The maximum Gasteiger partial charge on any atom is 0.251 e. The zero-order chi connectivity index (χ0) is 17.5. The molecule has 0 saturated heterocycles. The summed E-state index contributed by atoms with van der Waals surface area (Å²) in [7, 11) is 2.00. The molecule has 2 rings (SSSR count). The van der Waals surface area contributed by atoms with Gasteiger partial charge in [0.25, 0.3) is 5.91 Å². The van der Waals surface area contributed by atoms with Crippen molar-refractivity contribution in [1.29, 1.82) is 0 Å². The zero-order valence-corrected chi connectivity index (χ0v) is 14.0. The first-order valence-electron chi connectivity index (χ1n) is 8.04. The average Bonchev–Trinajstić information content (AvgIpc) is 2.60. The van der Waals surface area contributed by atoms with Crippen LogP contribution in [0, 0.1) is 5.82 Å². The molecule has 1 amide bonds. The minimum atomic E-state index is -1.08. The van der Waals surface area contributed by atoms with E-state index in [2.05, 4.69) is 17.1 Å². The monoisotopic (exact) mass is 330 g/mol. The van der Waals surface area contributed by atoms with Gasteiger partial charge in [-0.05, 0) is 36.8 Å². The Morgan fingerprint density at radius 2 is 1.88 bits per heavy atom. The van der Waals surface area contributed by atoms with E-state index in [9.17, 15) is 14.3 Å². The maximum atomic E-state index is 13.6. The summed E-state index contributed by atoms with van der Waals surface area (Å²) in [6.45, 7) is 3.01. The Morgan fingerprint density at radius 3 is 2.50 bits per heavy atom. The molecule has 1 atom stereocenters. The van der Waals surface area contributed by atoms with Gasteiger partial charge in [0.05, 0.1) is 6.10 Å².